The van der Waals surface area contributed by atoms with E-state index in [1.165, 1.54) is 0 Å². The van der Waals surface area contributed by atoms with Gasteiger partial charge in [-0.1, -0.05) is 0 Å². The average Bonchev–Trinajstić information content (AvgIpc) is 2.49. The van der Waals surface area contributed by atoms with Crippen LogP contribution in [0.3, 0.4) is 0 Å². The van der Waals surface area contributed by atoms with Crippen LogP contribution >= 0.6 is 0 Å². The standard InChI is InChI=1S/C7H14N4O/c1-7(12)4-2-3-5-11-6-8-9-10-11/h6-7,12H,2-5H2,1H3/t7-/m0/s1. The first-order valence-corrected chi connectivity index (χ1v) is 4.18. The third-order valence-corrected chi connectivity index (χ3v) is 1.65. The van der Waals surface area contributed by atoms with Crippen LogP contribution < -0.4 is 0 Å². The maximum Gasteiger partial charge on any atom is 0.138 e. The van der Waals surface area contributed by atoms with Gasteiger partial charge in [0.15, 0.2) is 0 Å². The molecule has 0 aromatic carbocycles. The Hall–Kier alpha value is -0.970. The smallest absolute Gasteiger partial charge is 0.138 e. The van der Waals surface area contributed by atoms with Crippen molar-refractivity contribution < 1.29 is 5.11 Å². The number of aliphatic hydroxyl groups excluding tert-OH is 1. The highest BCUT2D eigenvalue weighted by molar-refractivity contribution is 4.50. The van der Waals surface area contributed by atoms with Gasteiger partial charge in [0.25, 0.3) is 0 Å². The molecule has 0 fully saturated rings. The fraction of sp³-hybridized carbons (Fsp3) is 0.857. The van der Waals surface area contributed by atoms with E-state index in [1.54, 1.807) is 17.9 Å². The lowest BCUT2D eigenvalue weighted by molar-refractivity contribution is 0.180. The molecule has 0 spiro atoms. The maximum atomic E-state index is 8.96. The molecule has 1 atom stereocenters. The number of unbranched alkanes of at least 4 members (excludes halogenated alkanes) is 1. The molecule has 0 bridgehead atoms. The molecule has 68 valence electrons. The molecule has 1 aromatic rings. The maximum absolute atomic E-state index is 8.96. The molecule has 0 saturated carbocycles. The van der Waals surface area contributed by atoms with E-state index in [0.717, 1.165) is 25.8 Å². The van der Waals surface area contributed by atoms with Crippen molar-refractivity contribution in [1.82, 2.24) is 20.2 Å². The topological polar surface area (TPSA) is 63.8 Å². The summed E-state index contributed by atoms with van der Waals surface area (Å²) in [5.74, 6) is 0. The van der Waals surface area contributed by atoms with Gasteiger partial charge in [0.1, 0.15) is 6.33 Å². The lowest BCUT2D eigenvalue weighted by Crippen LogP contribution is -2.02. The van der Waals surface area contributed by atoms with Gasteiger partial charge in [-0.3, -0.25) is 0 Å². The van der Waals surface area contributed by atoms with Crippen LogP contribution in [0.4, 0.5) is 0 Å². The van der Waals surface area contributed by atoms with Gasteiger partial charge in [-0.2, -0.15) is 0 Å². The first-order valence-electron chi connectivity index (χ1n) is 4.18. The molecule has 0 aliphatic rings. The molecular weight excluding hydrogens is 156 g/mol. The minimum absolute atomic E-state index is 0.195. The van der Waals surface area contributed by atoms with Crippen LogP contribution in [0.2, 0.25) is 0 Å². The second kappa shape index (κ2) is 4.82. The van der Waals surface area contributed by atoms with Crippen molar-refractivity contribution in [2.24, 2.45) is 0 Å². The molecule has 1 aromatic heterocycles. The van der Waals surface area contributed by atoms with Gasteiger partial charge in [0.05, 0.1) is 6.10 Å². The average molecular weight is 170 g/mol. The summed E-state index contributed by atoms with van der Waals surface area (Å²) in [4.78, 5) is 0. The van der Waals surface area contributed by atoms with Crippen molar-refractivity contribution >= 4 is 0 Å². The number of aromatic nitrogens is 4. The first-order chi connectivity index (χ1) is 5.79. The molecule has 5 nitrogen and oxygen atoms in total. The highest BCUT2D eigenvalue weighted by Crippen LogP contribution is 2.00. The van der Waals surface area contributed by atoms with Crippen molar-refractivity contribution in [2.45, 2.75) is 38.8 Å². The summed E-state index contributed by atoms with van der Waals surface area (Å²) in [5.41, 5.74) is 0. The first kappa shape index (κ1) is 9.12. The number of tetrazole rings is 1. The minimum Gasteiger partial charge on any atom is -0.393 e. The number of nitrogens with zero attached hydrogens (tertiary/aromatic N) is 4. The third kappa shape index (κ3) is 3.43. The van der Waals surface area contributed by atoms with Crippen LogP contribution in [0.5, 0.6) is 0 Å². The van der Waals surface area contributed by atoms with Crippen molar-refractivity contribution in [3.8, 4) is 0 Å². The molecule has 5 heteroatoms. The largest absolute Gasteiger partial charge is 0.393 e. The number of aryl methyl sites for hydroxylation is 1. The van der Waals surface area contributed by atoms with E-state index in [1.807, 2.05) is 0 Å². The number of aliphatic hydroxyl groups is 1. The Kier molecular flexibility index (Phi) is 3.66. The number of hydrogen-bond donors (Lipinski definition) is 1. The Labute approximate surface area is 71.4 Å². The Morgan fingerprint density at radius 1 is 1.50 bits per heavy atom. The Bertz CT molecular complexity index is 197. The molecule has 0 aliphatic heterocycles. The van der Waals surface area contributed by atoms with E-state index in [0.29, 0.717) is 0 Å². The normalized spacial score (nSPS) is 13.2. The predicted molar refractivity (Wildman–Crippen MR) is 43.3 cm³/mol. The van der Waals surface area contributed by atoms with Crippen LogP contribution in [0.1, 0.15) is 26.2 Å². The zero-order valence-corrected chi connectivity index (χ0v) is 7.22. The van der Waals surface area contributed by atoms with E-state index in [-0.39, 0.29) is 6.10 Å². The molecule has 1 heterocycles. The molecule has 0 radical (unpaired) electrons. The molecular formula is C7H14N4O. The fourth-order valence-electron chi connectivity index (χ4n) is 0.996. The van der Waals surface area contributed by atoms with E-state index in [4.69, 9.17) is 5.11 Å². The van der Waals surface area contributed by atoms with Crippen LogP contribution in [-0.2, 0) is 6.54 Å². The number of rotatable bonds is 5. The zero-order valence-electron chi connectivity index (χ0n) is 7.22. The van der Waals surface area contributed by atoms with E-state index >= 15 is 0 Å². The quantitative estimate of drug-likeness (QED) is 0.642. The number of hydrogen-bond acceptors (Lipinski definition) is 4. The van der Waals surface area contributed by atoms with Gasteiger partial charge in [0.2, 0.25) is 0 Å². The highest BCUT2D eigenvalue weighted by Gasteiger charge is 1.96. The predicted octanol–water partition coefficient (Wildman–Crippen LogP) is 0.224. The second-order valence-electron chi connectivity index (χ2n) is 2.92. The Morgan fingerprint density at radius 2 is 2.33 bits per heavy atom. The molecule has 0 amide bonds. The fourth-order valence-corrected chi connectivity index (χ4v) is 0.996. The lowest BCUT2D eigenvalue weighted by Gasteiger charge is -2.02. The SMILES string of the molecule is C[C@H](O)CCCCn1cnnn1. The summed E-state index contributed by atoms with van der Waals surface area (Å²) >= 11 is 0. The summed E-state index contributed by atoms with van der Waals surface area (Å²) < 4.78 is 1.70. The molecule has 12 heavy (non-hydrogen) atoms. The van der Waals surface area contributed by atoms with E-state index < -0.39 is 0 Å². The lowest BCUT2D eigenvalue weighted by atomic mass is 10.2. The van der Waals surface area contributed by atoms with Crippen molar-refractivity contribution in [3.63, 3.8) is 0 Å². The van der Waals surface area contributed by atoms with E-state index in [2.05, 4.69) is 15.5 Å². The summed E-state index contributed by atoms with van der Waals surface area (Å²) in [5, 5.41) is 19.7. The van der Waals surface area contributed by atoms with Gasteiger partial charge >= 0.3 is 0 Å². The van der Waals surface area contributed by atoms with Crippen molar-refractivity contribution in [1.29, 1.82) is 0 Å². The van der Waals surface area contributed by atoms with Crippen LogP contribution in [0.15, 0.2) is 6.33 Å². The molecule has 1 rings (SSSR count). The zero-order chi connectivity index (χ0) is 8.81. The molecule has 1 N–H and O–H groups in total. The van der Waals surface area contributed by atoms with Crippen LogP contribution in [0, 0.1) is 0 Å². The summed E-state index contributed by atoms with van der Waals surface area (Å²) in [6, 6.07) is 0. The Morgan fingerprint density at radius 3 is 2.92 bits per heavy atom. The van der Waals surface area contributed by atoms with Gasteiger partial charge in [-0.15, -0.1) is 5.10 Å². The summed E-state index contributed by atoms with van der Waals surface area (Å²) in [6.45, 7) is 2.64. The molecule has 0 aliphatic carbocycles. The van der Waals surface area contributed by atoms with Crippen molar-refractivity contribution in [2.75, 3.05) is 0 Å². The van der Waals surface area contributed by atoms with Gasteiger partial charge in [0, 0.05) is 6.54 Å². The van der Waals surface area contributed by atoms with Gasteiger partial charge in [-0.25, -0.2) is 4.68 Å². The van der Waals surface area contributed by atoms with Crippen LogP contribution in [0.25, 0.3) is 0 Å². The second-order valence-corrected chi connectivity index (χ2v) is 2.92. The van der Waals surface area contributed by atoms with E-state index in [9.17, 15) is 0 Å². The van der Waals surface area contributed by atoms with Crippen LogP contribution in [-0.4, -0.2) is 31.4 Å². The summed E-state index contributed by atoms with van der Waals surface area (Å²) in [6.07, 6.45) is 4.27. The van der Waals surface area contributed by atoms with Gasteiger partial charge in [-0.05, 0) is 36.6 Å². The summed E-state index contributed by atoms with van der Waals surface area (Å²) in [7, 11) is 0. The monoisotopic (exact) mass is 170 g/mol. The molecule has 0 unspecified atom stereocenters. The Balaban J connectivity index is 2.04. The van der Waals surface area contributed by atoms with Gasteiger partial charge < -0.3 is 5.11 Å². The third-order valence-electron chi connectivity index (χ3n) is 1.65. The molecule has 0 saturated heterocycles. The highest BCUT2D eigenvalue weighted by atomic mass is 16.3. The van der Waals surface area contributed by atoms with Crippen molar-refractivity contribution in [3.05, 3.63) is 6.33 Å². The minimum atomic E-state index is -0.195.